The fraction of sp³-hybridized carbons (Fsp3) is 0.429. The topological polar surface area (TPSA) is 85.2 Å². The van der Waals surface area contributed by atoms with E-state index in [0.717, 1.165) is 19.3 Å². The van der Waals surface area contributed by atoms with Crippen LogP contribution >= 0.6 is 0 Å². The lowest BCUT2D eigenvalue weighted by molar-refractivity contribution is 0.236. The maximum Gasteiger partial charge on any atom is 0.245 e. The normalized spacial score (nSPS) is 20.0. The van der Waals surface area contributed by atoms with Crippen LogP contribution in [0.4, 0.5) is 0 Å². The van der Waals surface area contributed by atoms with Crippen LogP contribution < -0.4 is 5.73 Å². The van der Waals surface area contributed by atoms with E-state index in [-0.39, 0.29) is 12.5 Å². The Hall–Kier alpha value is -1.72. The summed E-state index contributed by atoms with van der Waals surface area (Å²) in [6.45, 7) is -0.192. The van der Waals surface area contributed by atoms with Gasteiger partial charge in [-0.15, -0.1) is 0 Å². The molecule has 2 aromatic rings. The van der Waals surface area contributed by atoms with Crippen molar-refractivity contribution in [3.63, 3.8) is 0 Å². The van der Waals surface area contributed by atoms with Crippen molar-refractivity contribution in [3.8, 4) is 0 Å². The van der Waals surface area contributed by atoms with Gasteiger partial charge in [0, 0.05) is 5.92 Å². The molecule has 0 fully saturated rings. The zero-order valence-electron chi connectivity index (χ0n) is 10.6. The Morgan fingerprint density at radius 2 is 2.26 bits per heavy atom. The number of nitrogens with zero attached hydrogens (tertiary/aromatic N) is 2. The van der Waals surface area contributed by atoms with E-state index in [4.69, 9.17) is 15.4 Å². The number of aliphatic hydroxyl groups is 1. The second-order valence-corrected chi connectivity index (χ2v) is 4.92. The fourth-order valence-electron chi connectivity index (χ4n) is 2.64. The zero-order valence-corrected chi connectivity index (χ0v) is 10.6. The summed E-state index contributed by atoms with van der Waals surface area (Å²) in [7, 11) is 0. The molecule has 0 spiro atoms. The summed E-state index contributed by atoms with van der Waals surface area (Å²) in [5.41, 5.74) is 8.32. The smallest absolute Gasteiger partial charge is 0.245 e. The molecule has 3 rings (SSSR count). The van der Waals surface area contributed by atoms with Crippen molar-refractivity contribution in [2.24, 2.45) is 5.73 Å². The molecule has 19 heavy (non-hydrogen) atoms. The van der Waals surface area contributed by atoms with E-state index >= 15 is 0 Å². The van der Waals surface area contributed by atoms with Crippen LogP contribution in [0, 0.1) is 0 Å². The number of hydrogen-bond acceptors (Lipinski definition) is 5. The molecule has 2 atom stereocenters. The predicted molar refractivity (Wildman–Crippen MR) is 69.5 cm³/mol. The third-order valence-corrected chi connectivity index (χ3v) is 3.65. The van der Waals surface area contributed by atoms with Crippen molar-refractivity contribution in [1.29, 1.82) is 0 Å². The molecule has 0 saturated carbocycles. The van der Waals surface area contributed by atoms with Crippen molar-refractivity contribution in [2.75, 3.05) is 6.61 Å². The maximum absolute atomic E-state index is 9.01. The van der Waals surface area contributed by atoms with Gasteiger partial charge >= 0.3 is 0 Å². The minimum absolute atomic E-state index is 0.174. The summed E-state index contributed by atoms with van der Waals surface area (Å²) in [4.78, 5) is 4.34. The highest BCUT2D eigenvalue weighted by Gasteiger charge is 2.26. The van der Waals surface area contributed by atoms with E-state index in [9.17, 15) is 0 Å². The molecule has 0 saturated heterocycles. The minimum atomic E-state index is -0.597. The maximum atomic E-state index is 9.01. The quantitative estimate of drug-likeness (QED) is 0.873. The van der Waals surface area contributed by atoms with E-state index in [1.807, 2.05) is 6.07 Å². The van der Waals surface area contributed by atoms with Crippen LogP contribution in [-0.4, -0.2) is 21.9 Å². The third-order valence-electron chi connectivity index (χ3n) is 3.65. The van der Waals surface area contributed by atoms with Gasteiger partial charge in [-0.2, -0.15) is 4.98 Å². The number of aromatic nitrogens is 2. The highest BCUT2D eigenvalue weighted by molar-refractivity contribution is 5.36. The van der Waals surface area contributed by atoms with Crippen molar-refractivity contribution in [1.82, 2.24) is 10.1 Å². The van der Waals surface area contributed by atoms with Gasteiger partial charge in [-0.05, 0) is 30.4 Å². The second-order valence-electron chi connectivity index (χ2n) is 4.92. The molecule has 0 amide bonds. The van der Waals surface area contributed by atoms with Crippen LogP contribution in [0.3, 0.4) is 0 Å². The average molecular weight is 259 g/mol. The molecule has 1 aliphatic rings. The van der Waals surface area contributed by atoms with Gasteiger partial charge in [-0.1, -0.05) is 29.4 Å². The Bertz CT molecular complexity index is 567. The molecule has 2 unspecified atom stereocenters. The Labute approximate surface area is 111 Å². The summed E-state index contributed by atoms with van der Waals surface area (Å²) in [6, 6.07) is 7.78. The number of hydrogen-bond donors (Lipinski definition) is 2. The summed E-state index contributed by atoms with van der Waals surface area (Å²) < 4.78 is 5.14. The van der Waals surface area contributed by atoms with Gasteiger partial charge in [0.25, 0.3) is 0 Å². The number of nitrogens with two attached hydrogens (primary N) is 1. The summed E-state index contributed by atoms with van der Waals surface area (Å²) in [5, 5.41) is 13.0. The van der Waals surface area contributed by atoms with Crippen molar-refractivity contribution < 1.29 is 9.63 Å². The molecule has 0 bridgehead atoms. The monoisotopic (exact) mass is 259 g/mol. The van der Waals surface area contributed by atoms with Gasteiger partial charge in [-0.25, -0.2) is 0 Å². The fourth-order valence-corrected chi connectivity index (χ4v) is 2.64. The first kappa shape index (κ1) is 12.3. The van der Waals surface area contributed by atoms with E-state index in [1.54, 1.807) is 0 Å². The SMILES string of the molecule is NC(CO)c1nc(C2CCCc3ccccc32)no1. The van der Waals surface area contributed by atoms with E-state index in [0.29, 0.717) is 11.7 Å². The lowest BCUT2D eigenvalue weighted by Crippen LogP contribution is -2.16. The molecule has 1 aliphatic carbocycles. The number of fused-ring (bicyclic) bond motifs is 1. The summed E-state index contributed by atoms with van der Waals surface area (Å²) in [6.07, 6.45) is 3.25. The average Bonchev–Trinajstić information content (AvgIpc) is 2.95. The van der Waals surface area contributed by atoms with Gasteiger partial charge in [0.2, 0.25) is 5.89 Å². The lowest BCUT2D eigenvalue weighted by Gasteiger charge is -2.22. The van der Waals surface area contributed by atoms with E-state index < -0.39 is 6.04 Å². The van der Waals surface area contributed by atoms with Crippen LogP contribution in [0.1, 0.15) is 47.6 Å². The number of aryl methyl sites for hydroxylation is 1. The van der Waals surface area contributed by atoms with Crippen molar-refractivity contribution >= 4 is 0 Å². The molecule has 1 heterocycles. The van der Waals surface area contributed by atoms with Crippen molar-refractivity contribution in [3.05, 3.63) is 47.1 Å². The molecule has 3 N–H and O–H groups in total. The van der Waals surface area contributed by atoms with Gasteiger partial charge in [0.1, 0.15) is 6.04 Å². The Morgan fingerprint density at radius 3 is 3.11 bits per heavy atom. The number of benzene rings is 1. The predicted octanol–water partition coefficient (Wildman–Crippen LogP) is 1.53. The first-order valence-corrected chi connectivity index (χ1v) is 6.57. The van der Waals surface area contributed by atoms with Gasteiger partial charge < -0.3 is 15.4 Å². The second kappa shape index (κ2) is 5.11. The zero-order chi connectivity index (χ0) is 13.2. The first-order chi connectivity index (χ1) is 9.29. The highest BCUT2D eigenvalue weighted by Crippen LogP contribution is 2.35. The van der Waals surface area contributed by atoms with Gasteiger partial charge in [-0.3, -0.25) is 0 Å². The highest BCUT2D eigenvalue weighted by atomic mass is 16.5. The molecule has 5 nitrogen and oxygen atoms in total. The Morgan fingerprint density at radius 1 is 1.42 bits per heavy atom. The van der Waals surface area contributed by atoms with Crippen LogP contribution in [0.15, 0.2) is 28.8 Å². The lowest BCUT2D eigenvalue weighted by atomic mass is 9.82. The van der Waals surface area contributed by atoms with Crippen molar-refractivity contribution in [2.45, 2.75) is 31.2 Å². The molecular weight excluding hydrogens is 242 g/mol. The van der Waals surface area contributed by atoms with Gasteiger partial charge in [0.15, 0.2) is 5.82 Å². The Kier molecular flexibility index (Phi) is 3.31. The Balaban J connectivity index is 1.93. The molecule has 100 valence electrons. The molecule has 0 aliphatic heterocycles. The standard InChI is InChI=1S/C14H17N3O2/c15-12(8-18)14-16-13(17-19-14)11-7-3-5-9-4-1-2-6-10(9)11/h1-2,4,6,11-12,18H,3,5,7-8,15H2. The minimum Gasteiger partial charge on any atom is -0.394 e. The first-order valence-electron chi connectivity index (χ1n) is 6.57. The number of aliphatic hydroxyl groups excluding tert-OH is 1. The van der Waals surface area contributed by atoms with E-state index in [1.165, 1.54) is 11.1 Å². The van der Waals surface area contributed by atoms with Crippen LogP contribution in [0.25, 0.3) is 0 Å². The molecule has 0 radical (unpaired) electrons. The van der Waals surface area contributed by atoms with Crippen LogP contribution in [0.5, 0.6) is 0 Å². The molecule has 1 aromatic carbocycles. The van der Waals surface area contributed by atoms with Crippen LogP contribution in [-0.2, 0) is 6.42 Å². The molecule has 5 heteroatoms. The molecular formula is C14H17N3O2. The largest absolute Gasteiger partial charge is 0.394 e. The third kappa shape index (κ3) is 2.27. The number of rotatable bonds is 3. The summed E-state index contributed by atoms with van der Waals surface area (Å²) in [5.74, 6) is 1.15. The summed E-state index contributed by atoms with van der Waals surface area (Å²) >= 11 is 0. The van der Waals surface area contributed by atoms with Gasteiger partial charge in [0.05, 0.1) is 6.61 Å². The molecule has 1 aromatic heterocycles. The van der Waals surface area contributed by atoms with E-state index in [2.05, 4.69) is 28.3 Å². The van der Waals surface area contributed by atoms with Crippen LogP contribution in [0.2, 0.25) is 0 Å².